The Morgan fingerprint density at radius 2 is 2.11 bits per heavy atom. The molecule has 4 heteroatoms. The quantitative estimate of drug-likeness (QED) is 0.893. The number of rotatable bonds is 5. The largest absolute Gasteiger partial charge is 0.335 e. The van der Waals surface area contributed by atoms with Gasteiger partial charge in [0.25, 0.3) is 0 Å². The van der Waals surface area contributed by atoms with Gasteiger partial charge in [0.05, 0.1) is 6.04 Å². The van der Waals surface area contributed by atoms with E-state index in [0.29, 0.717) is 18.0 Å². The van der Waals surface area contributed by atoms with E-state index in [0.717, 1.165) is 5.56 Å². The fourth-order valence-electron chi connectivity index (χ4n) is 1.73. The zero-order chi connectivity index (χ0) is 13.7. The second-order valence-corrected chi connectivity index (χ2v) is 5.14. The number of nitrogens with zero attached hydrogens (tertiary/aromatic N) is 1. The van der Waals surface area contributed by atoms with E-state index in [4.69, 9.17) is 17.3 Å². The Balaban J connectivity index is 2.84. The third kappa shape index (κ3) is 4.00. The van der Waals surface area contributed by atoms with E-state index in [1.54, 1.807) is 4.90 Å². The number of carbonyl (C=O) groups excluding carboxylic acids is 1. The summed E-state index contributed by atoms with van der Waals surface area (Å²) >= 11 is 5.95. The highest BCUT2D eigenvalue weighted by atomic mass is 35.5. The molecule has 1 rings (SSSR count). The van der Waals surface area contributed by atoms with Gasteiger partial charge in [0.2, 0.25) is 5.91 Å². The summed E-state index contributed by atoms with van der Waals surface area (Å²) in [6, 6.07) is 7.25. The van der Waals surface area contributed by atoms with Crippen LogP contribution in [-0.4, -0.2) is 22.9 Å². The van der Waals surface area contributed by atoms with Gasteiger partial charge < -0.3 is 10.6 Å². The molecule has 0 spiro atoms. The van der Waals surface area contributed by atoms with Crippen LogP contribution in [0.3, 0.4) is 0 Å². The number of carbonyl (C=O) groups is 1. The number of amides is 1. The molecular weight excluding hydrogens is 248 g/mol. The molecule has 0 bridgehead atoms. The van der Waals surface area contributed by atoms with E-state index in [9.17, 15) is 4.79 Å². The Bertz CT molecular complexity index is 407. The van der Waals surface area contributed by atoms with Gasteiger partial charge in [0, 0.05) is 17.6 Å². The van der Waals surface area contributed by atoms with E-state index in [1.807, 2.05) is 45.0 Å². The molecule has 0 saturated carbocycles. The summed E-state index contributed by atoms with van der Waals surface area (Å²) in [7, 11) is 0. The maximum atomic E-state index is 12.2. The normalized spacial score (nSPS) is 12.6. The number of halogens is 1. The standard InChI is InChI=1S/C14H21ClN2O/c1-4-13(16)14(18)17(10(2)3)9-11-6-5-7-12(15)8-11/h5-8,10,13H,4,9,16H2,1-3H3. The summed E-state index contributed by atoms with van der Waals surface area (Å²) in [6.07, 6.45) is 0.650. The van der Waals surface area contributed by atoms with Crippen LogP contribution in [0.15, 0.2) is 24.3 Å². The van der Waals surface area contributed by atoms with Gasteiger partial charge in [-0.1, -0.05) is 30.7 Å². The predicted molar refractivity (Wildman–Crippen MR) is 75.4 cm³/mol. The molecule has 1 amide bonds. The van der Waals surface area contributed by atoms with Crippen LogP contribution in [0.25, 0.3) is 0 Å². The first kappa shape index (κ1) is 15.0. The lowest BCUT2D eigenvalue weighted by Crippen LogP contribution is -2.46. The second-order valence-electron chi connectivity index (χ2n) is 4.70. The number of benzene rings is 1. The van der Waals surface area contributed by atoms with Crippen molar-refractivity contribution in [2.24, 2.45) is 5.73 Å². The molecule has 0 saturated heterocycles. The third-order valence-corrected chi connectivity index (χ3v) is 3.14. The molecular formula is C14H21ClN2O. The van der Waals surface area contributed by atoms with Gasteiger partial charge in [0.1, 0.15) is 0 Å². The van der Waals surface area contributed by atoms with Crippen LogP contribution < -0.4 is 5.73 Å². The Hall–Kier alpha value is -1.06. The van der Waals surface area contributed by atoms with Crippen LogP contribution in [-0.2, 0) is 11.3 Å². The van der Waals surface area contributed by atoms with Gasteiger partial charge in [-0.2, -0.15) is 0 Å². The summed E-state index contributed by atoms with van der Waals surface area (Å²) < 4.78 is 0. The molecule has 0 aliphatic heterocycles. The van der Waals surface area contributed by atoms with Crippen molar-refractivity contribution >= 4 is 17.5 Å². The minimum absolute atomic E-state index is 0.00697. The lowest BCUT2D eigenvalue weighted by molar-refractivity contribution is -0.135. The van der Waals surface area contributed by atoms with E-state index in [1.165, 1.54) is 0 Å². The SMILES string of the molecule is CCC(N)C(=O)N(Cc1cccc(Cl)c1)C(C)C. The van der Waals surface area contributed by atoms with Gasteiger partial charge in [-0.05, 0) is 38.0 Å². The smallest absolute Gasteiger partial charge is 0.240 e. The van der Waals surface area contributed by atoms with Crippen LogP contribution >= 0.6 is 11.6 Å². The van der Waals surface area contributed by atoms with Gasteiger partial charge >= 0.3 is 0 Å². The molecule has 0 radical (unpaired) electrons. The van der Waals surface area contributed by atoms with E-state index in [-0.39, 0.29) is 11.9 Å². The van der Waals surface area contributed by atoms with Crippen LogP contribution in [0.1, 0.15) is 32.8 Å². The molecule has 3 nitrogen and oxygen atoms in total. The van der Waals surface area contributed by atoms with E-state index in [2.05, 4.69) is 0 Å². The number of hydrogen-bond acceptors (Lipinski definition) is 2. The number of hydrogen-bond donors (Lipinski definition) is 1. The van der Waals surface area contributed by atoms with E-state index >= 15 is 0 Å². The van der Waals surface area contributed by atoms with Crippen molar-refractivity contribution in [1.29, 1.82) is 0 Å². The summed E-state index contributed by atoms with van der Waals surface area (Å²) in [5, 5.41) is 0.684. The molecule has 100 valence electrons. The Morgan fingerprint density at radius 1 is 1.44 bits per heavy atom. The molecule has 0 aromatic heterocycles. The van der Waals surface area contributed by atoms with Gasteiger partial charge in [0.15, 0.2) is 0 Å². The van der Waals surface area contributed by atoms with Crippen LogP contribution in [0.5, 0.6) is 0 Å². The van der Waals surface area contributed by atoms with Crippen molar-refractivity contribution in [3.8, 4) is 0 Å². The van der Waals surface area contributed by atoms with Gasteiger partial charge in [-0.15, -0.1) is 0 Å². The topological polar surface area (TPSA) is 46.3 Å². The molecule has 1 aromatic rings. The highest BCUT2D eigenvalue weighted by Gasteiger charge is 2.22. The van der Waals surface area contributed by atoms with Crippen LogP contribution in [0.4, 0.5) is 0 Å². The second kappa shape index (κ2) is 6.76. The fraction of sp³-hybridized carbons (Fsp3) is 0.500. The van der Waals surface area contributed by atoms with Crippen molar-refractivity contribution in [3.05, 3.63) is 34.9 Å². The molecule has 0 heterocycles. The summed E-state index contributed by atoms with van der Waals surface area (Å²) in [5.74, 6) is -0.00697. The molecule has 2 N–H and O–H groups in total. The van der Waals surface area contributed by atoms with Crippen molar-refractivity contribution in [3.63, 3.8) is 0 Å². The molecule has 18 heavy (non-hydrogen) atoms. The van der Waals surface area contributed by atoms with Crippen molar-refractivity contribution in [2.45, 2.75) is 45.8 Å². The Kier molecular flexibility index (Phi) is 5.63. The molecule has 1 atom stereocenters. The predicted octanol–water partition coefficient (Wildman–Crippen LogP) is 2.81. The average Bonchev–Trinajstić information content (AvgIpc) is 2.34. The first-order valence-corrected chi connectivity index (χ1v) is 6.64. The molecule has 0 aliphatic carbocycles. The van der Waals surface area contributed by atoms with Gasteiger partial charge in [-0.25, -0.2) is 0 Å². The zero-order valence-electron chi connectivity index (χ0n) is 11.2. The maximum absolute atomic E-state index is 12.2. The Labute approximate surface area is 114 Å². The summed E-state index contributed by atoms with van der Waals surface area (Å²) in [5.41, 5.74) is 6.84. The highest BCUT2D eigenvalue weighted by Crippen LogP contribution is 2.15. The average molecular weight is 269 g/mol. The third-order valence-electron chi connectivity index (χ3n) is 2.91. The van der Waals surface area contributed by atoms with Crippen molar-refractivity contribution in [2.75, 3.05) is 0 Å². The molecule has 0 fully saturated rings. The first-order valence-electron chi connectivity index (χ1n) is 6.26. The van der Waals surface area contributed by atoms with Gasteiger partial charge in [-0.3, -0.25) is 4.79 Å². The minimum atomic E-state index is -0.424. The zero-order valence-corrected chi connectivity index (χ0v) is 11.9. The van der Waals surface area contributed by atoms with Crippen molar-refractivity contribution in [1.82, 2.24) is 4.90 Å². The lowest BCUT2D eigenvalue weighted by atomic mass is 10.1. The highest BCUT2D eigenvalue weighted by molar-refractivity contribution is 6.30. The first-order chi connectivity index (χ1) is 8.45. The van der Waals surface area contributed by atoms with E-state index < -0.39 is 6.04 Å². The molecule has 1 aromatic carbocycles. The van der Waals surface area contributed by atoms with Crippen LogP contribution in [0.2, 0.25) is 5.02 Å². The van der Waals surface area contributed by atoms with Crippen molar-refractivity contribution < 1.29 is 4.79 Å². The monoisotopic (exact) mass is 268 g/mol. The lowest BCUT2D eigenvalue weighted by Gasteiger charge is -2.29. The number of nitrogens with two attached hydrogens (primary N) is 1. The van der Waals surface area contributed by atoms with Crippen LogP contribution in [0, 0.1) is 0 Å². The fourth-order valence-corrected chi connectivity index (χ4v) is 1.95. The maximum Gasteiger partial charge on any atom is 0.240 e. The summed E-state index contributed by atoms with van der Waals surface area (Å²) in [6.45, 7) is 6.45. The molecule has 1 unspecified atom stereocenters. The minimum Gasteiger partial charge on any atom is -0.335 e. The Morgan fingerprint density at radius 3 is 2.61 bits per heavy atom. The summed E-state index contributed by atoms with van der Waals surface area (Å²) in [4.78, 5) is 14.0. The molecule has 0 aliphatic rings.